The molecule has 0 amide bonds. The summed E-state index contributed by atoms with van der Waals surface area (Å²) in [4.78, 5) is 3.81. The molecule has 16 heavy (non-hydrogen) atoms. The lowest BCUT2D eigenvalue weighted by molar-refractivity contribution is -0.0426. The fourth-order valence-corrected chi connectivity index (χ4v) is 3.28. The van der Waals surface area contributed by atoms with Gasteiger partial charge in [-0.1, -0.05) is 11.6 Å². The molecule has 2 heterocycles. The molecule has 1 fully saturated rings. The average Bonchev–Trinajstić information content (AvgIpc) is 2.14. The fourth-order valence-electron chi connectivity index (χ4n) is 1.55. The van der Waals surface area contributed by atoms with E-state index in [-0.39, 0.29) is 23.1 Å². The fraction of sp³-hybridized carbons (Fsp3) is 0.444. The molecule has 0 atom stereocenters. The van der Waals surface area contributed by atoms with Gasteiger partial charge in [0.05, 0.1) is 5.60 Å². The molecule has 1 aliphatic rings. The summed E-state index contributed by atoms with van der Waals surface area (Å²) in [6.45, 7) is 1.81. The van der Waals surface area contributed by atoms with Crippen LogP contribution in [0.5, 0.6) is 0 Å². The van der Waals surface area contributed by atoms with Crippen LogP contribution in [0, 0.1) is 0 Å². The molecule has 1 aromatic heterocycles. The van der Waals surface area contributed by atoms with Crippen molar-refractivity contribution in [2.45, 2.75) is 17.4 Å². The van der Waals surface area contributed by atoms with Crippen LogP contribution in [0.4, 0.5) is 0 Å². The van der Waals surface area contributed by atoms with Crippen molar-refractivity contribution in [2.75, 3.05) is 13.1 Å². The van der Waals surface area contributed by atoms with E-state index >= 15 is 0 Å². The van der Waals surface area contributed by atoms with Crippen molar-refractivity contribution in [1.29, 1.82) is 0 Å². The third-order valence-corrected chi connectivity index (χ3v) is 4.37. The van der Waals surface area contributed by atoms with E-state index < -0.39 is 15.6 Å². The van der Waals surface area contributed by atoms with E-state index in [0.717, 1.165) is 0 Å². The van der Waals surface area contributed by atoms with Crippen LogP contribution in [0.2, 0.25) is 5.15 Å². The second-order valence-corrected chi connectivity index (χ2v) is 6.41. The molecular formula is C9H11ClN2O3S. The summed E-state index contributed by atoms with van der Waals surface area (Å²) < 4.78 is 25.1. The second-order valence-electron chi connectivity index (χ2n) is 4.09. The first-order chi connectivity index (χ1) is 7.31. The van der Waals surface area contributed by atoms with Gasteiger partial charge in [-0.25, -0.2) is 13.4 Å². The van der Waals surface area contributed by atoms with Crippen LogP contribution in [0.25, 0.3) is 0 Å². The predicted octanol–water partition coefficient (Wildman–Crippen LogP) is 0.490. The first-order valence-electron chi connectivity index (χ1n) is 4.65. The highest BCUT2D eigenvalue weighted by molar-refractivity contribution is 7.89. The molecule has 5 nitrogen and oxygen atoms in total. The van der Waals surface area contributed by atoms with Crippen molar-refractivity contribution in [2.24, 2.45) is 0 Å². The standard InChI is InChI=1S/C9H11ClN2O3S/c1-9(13)5-12(6-9)16(14,15)7-2-3-8(10)11-4-7/h2-4,13H,5-6H2,1H3. The molecular weight excluding hydrogens is 252 g/mol. The number of pyridine rings is 1. The number of rotatable bonds is 2. The van der Waals surface area contributed by atoms with Crippen LogP contribution in [0.1, 0.15) is 6.92 Å². The van der Waals surface area contributed by atoms with Crippen molar-refractivity contribution in [1.82, 2.24) is 9.29 Å². The van der Waals surface area contributed by atoms with Crippen molar-refractivity contribution in [3.63, 3.8) is 0 Å². The molecule has 0 saturated carbocycles. The summed E-state index contributed by atoms with van der Waals surface area (Å²) in [5.74, 6) is 0. The van der Waals surface area contributed by atoms with Crippen molar-refractivity contribution in [3.05, 3.63) is 23.5 Å². The average molecular weight is 263 g/mol. The van der Waals surface area contributed by atoms with Gasteiger partial charge in [0.15, 0.2) is 0 Å². The normalized spacial score (nSPS) is 20.4. The van der Waals surface area contributed by atoms with E-state index in [2.05, 4.69) is 4.98 Å². The number of nitrogens with zero attached hydrogens (tertiary/aromatic N) is 2. The highest BCUT2D eigenvalue weighted by Crippen LogP contribution is 2.27. The van der Waals surface area contributed by atoms with Crippen LogP contribution in [0.3, 0.4) is 0 Å². The third-order valence-electron chi connectivity index (χ3n) is 2.37. The Hall–Kier alpha value is -0.690. The van der Waals surface area contributed by atoms with E-state index in [1.807, 2.05) is 0 Å². The summed E-state index contributed by atoms with van der Waals surface area (Å²) in [6, 6.07) is 2.82. The second kappa shape index (κ2) is 3.66. The van der Waals surface area contributed by atoms with Gasteiger partial charge in [-0.05, 0) is 19.1 Å². The molecule has 0 aromatic carbocycles. The Morgan fingerprint density at radius 2 is 2.12 bits per heavy atom. The molecule has 1 aliphatic heterocycles. The van der Waals surface area contributed by atoms with Gasteiger partial charge in [-0.15, -0.1) is 0 Å². The SMILES string of the molecule is CC1(O)CN(S(=O)(=O)c2ccc(Cl)nc2)C1. The van der Waals surface area contributed by atoms with Crippen LogP contribution < -0.4 is 0 Å². The van der Waals surface area contributed by atoms with E-state index in [4.69, 9.17) is 11.6 Å². The Morgan fingerprint density at radius 1 is 1.50 bits per heavy atom. The Morgan fingerprint density at radius 3 is 2.56 bits per heavy atom. The number of β-amino-alcohol motifs (C(OH)–C–C–N with tert-alkyl or cyclic N) is 1. The number of aliphatic hydroxyl groups is 1. The Balaban J connectivity index is 2.24. The first kappa shape index (κ1) is 11.8. The lowest BCUT2D eigenvalue weighted by atomic mass is 10.0. The van der Waals surface area contributed by atoms with Gasteiger partial charge in [0.2, 0.25) is 10.0 Å². The molecule has 0 unspecified atom stereocenters. The Kier molecular flexibility index (Phi) is 2.70. The highest BCUT2D eigenvalue weighted by atomic mass is 35.5. The number of aromatic nitrogens is 1. The Bertz CT molecular complexity index is 490. The molecule has 0 aliphatic carbocycles. The zero-order chi connectivity index (χ0) is 12.0. The molecule has 0 radical (unpaired) electrons. The van der Waals surface area contributed by atoms with Gasteiger partial charge in [0.25, 0.3) is 0 Å². The van der Waals surface area contributed by atoms with Gasteiger partial charge in [-0.3, -0.25) is 0 Å². The third kappa shape index (κ3) is 2.06. The van der Waals surface area contributed by atoms with Gasteiger partial charge < -0.3 is 5.11 Å². The lowest BCUT2D eigenvalue weighted by Gasteiger charge is -2.42. The van der Waals surface area contributed by atoms with Crippen molar-refractivity contribution < 1.29 is 13.5 Å². The van der Waals surface area contributed by atoms with Gasteiger partial charge in [0, 0.05) is 19.3 Å². The maximum Gasteiger partial charge on any atom is 0.244 e. The zero-order valence-corrected chi connectivity index (χ0v) is 10.2. The summed E-state index contributed by atoms with van der Waals surface area (Å²) in [5.41, 5.74) is -0.924. The van der Waals surface area contributed by atoms with E-state index in [9.17, 15) is 13.5 Å². The van der Waals surface area contributed by atoms with Crippen LogP contribution in [-0.4, -0.2) is 41.5 Å². The number of hydrogen-bond acceptors (Lipinski definition) is 4. The lowest BCUT2D eigenvalue weighted by Crippen LogP contribution is -2.61. The Labute approximate surface area is 98.7 Å². The minimum atomic E-state index is -3.54. The summed E-state index contributed by atoms with van der Waals surface area (Å²) >= 11 is 5.57. The highest BCUT2D eigenvalue weighted by Gasteiger charge is 2.43. The minimum Gasteiger partial charge on any atom is -0.387 e. The zero-order valence-electron chi connectivity index (χ0n) is 8.59. The largest absolute Gasteiger partial charge is 0.387 e. The van der Waals surface area contributed by atoms with Crippen molar-refractivity contribution >= 4 is 21.6 Å². The van der Waals surface area contributed by atoms with E-state index in [1.54, 1.807) is 6.92 Å². The van der Waals surface area contributed by atoms with E-state index in [1.165, 1.54) is 22.6 Å². The van der Waals surface area contributed by atoms with Gasteiger partial charge in [-0.2, -0.15) is 4.31 Å². The topological polar surface area (TPSA) is 70.5 Å². The van der Waals surface area contributed by atoms with Crippen LogP contribution in [-0.2, 0) is 10.0 Å². The molecule has 7 heteroatoms. The smallest absolute Gasteiger partial charge is 0.244 e. The number of sulfonamides is 1. The number of hydrogen-bond donors (Lipinski definition) is 1. The molecule has 1 aromatic rings. The number of halogens is 1. The van der Waals surface area contributed by atoms with Gasteiger partial charge >= 0.3 is 0 Å². The molecule has 1 N–H and O–H groups in total. The van der Waals surface area contributed by atoms with Crippen molar-refractivity contribution in [3.8, 4) is 0 Å². The maximum absolute atomic E-state index is 11.9. The molecule has 88 valence electrons. The van der Waals surface area contributed by atoms with Crippen LogP contribution >= 0.6 is 11.6 Å². The molecule has 2 rings (SSSR count). The molecule has 0 spiro atoms. The summed E-state index contributed by atoms with van der Waals surface area (Å²) in [5, 5.41) is 9.74. The monoisotopic (exact) mass is 262 g/mol. The minimum absolute atomic E-state index is 0.0902. The quantitative estimate of drug-likeness (QED) is 0.788. The molecule has 1 saturated heterocycles. The summed E-state index contributed by atoms with van der Waals surface area (Å²) in [7, 11) is -3.54. The summed E-state index contributed by atoms with van der Waals surface area (Å²) in [6.07, 6.45) is 1.21. The van der Waals surface area contributed by atoms with Crippen LogP contribution in [0.15, 0.2) is 23.2 Å². The van der Waals surface area contributed by atoms with E-state index in [0.29, 0.717) is 0 Å². The maximum atomic E-state index is 11.9. The predicted molar refractivity (Wildman–Crippen MR) is 58.6 cm³/mol. The first-order valence-corrected chi connectivity index (χ1v) is 6.47. The van der Waals surface area contributed by atoms with Gasteiger partial charge in [0.1, 0.15) is 10.0 Å². The molecule has 0 bridgehead atoms.